The van der Waals surface area contributed by atoms with Crippen LogP contribution in [0.3, 0.4) is 0 Å². The van der Waals surface area contributed by atoms with E-state index in [2.05, 4.69) is 22.1 Å². The smallest absolute Gasteiger partial charge is 0.341 e. The van der Waals surface area contributed by atoms with E-state index in [0.29, 0.717) is 33.7 Å². The summed E-state index contributed by atoms with van der Waals surface area (Å²) in [5.74, 6) is 0.647. The fourth-order valence-electron chi connectivity index (χ4n) is 3.39. The lowest BCUT2D eigenvalue weighted by Gasteiger charge is -2.10. The van der Waals surface area contributed by atoms with E-state index in [1.165, 1.54) is 30.2 Å². The summed E-state index contributed by atoms with van der Waals surface area (Å²) >= 11 is 2.52. The second kappa shape index (κ2) is 12.2. The third-order valence-corrected chi connectivity index (χ3v) is 6.93. The van der Waals surface area contributed by atoms with Crippen molar-refractivity contribution in [2.45, 2.75) is 18.3 Å². The number of thioether (sulfide) groups is 1. The summed E-state index contributed by atoms with van der Waals surface area (Å²) in [6.07, 6.45) is 1.74. The van der Waals surface area contributed by atoms with Gasteiger partial charge in [-0.15, -0.1) is 28.1 Å². The van der Waals surface area contributed by atoms with Crippen LogP contribution in [0.1, 0.15) is 16.2 Å². The number of nitrogens with one attached hydrogen (secondary N) is 1. The average Bonchev–Trinajstić information content (AvgIpc) is 3.51. The second-order valence-electron chi connectivity index (χ2n) is 7.45. The SMILES string of the molecule is C=CCn1c(COc2ccccc2)nnc1SCC(=O)Nc1scc(-c2ccccc2)c1C(=O)OC. The Labute approximate surface area is 217 Å². The fraction of sp³-hybridized carbons (Fsp3) is 0.154. The van der Waals surface area contributed by atoms with Crippen LogP contribution in [0.2, 0.25) is 0 Å². The van der Waals surface area contributed by atoms with Gasteiger partial charge in [0.15, 0.2) is 11.0 Å². The summed E-state index contributed by atoms with van der Waals surface area (Å²) in [5.41, 5.74) is 1.92. The van der Waals surface area contributed by atoms with Gasteiger partial charge < -0.3 is 14.8 Å². The topological polar surface area (TPSA) is 95.3 Å². The highest BCUT2D eigenvalue weighted by molar-refractivity contribution is 7.99. The maximum absolute atomic E-state index is 12.8. The third-order valence-electron chi connectivity index (χ3n) is 5.07. The van der Waals surface area contributed by atoms with Crippen molar-refractivity contribution in [1.29, 1.82) is 0 Å². The third kappa shape index (κ3) is 6.02. The number of carbonyl (C=O) groups is 2. The zero-order valence-electron chi connectivity index (χ0n) is 19.5. The quantitative estimate of drug-likeness (QED) is 0.163. The van der Waals surface area contributed by atoms with Crippen molar-refractivity contribution in [3.8, 4) is 16.9 Å². The molecule has 2 aromatic carbocycles. The Kier molecular flexibility index (Phi) is 8.53. The molecule has 0 saturated carbocycles. The molecule has 1 amide bonds. The molecule has 184 valence electrons. The number of ether oxygens (including phenoxy) is 2. The van der Waals surface area contributed by atoms with Crippen molar-refractivity contribution in [1.82, 2.24) is 14.8 Å². The van der Waals surface area contributed by atoms with Crippen LogP contribution in [0.15, 0.2) is 83.9 Å². The van der Waals surface area contributed by atoms with Crippen LogP contribution in [0.4, 0.5) is 5.00 Å². The van der Waals surface area contributed by atoms with Crippen molar-refractivity contribution in [3.63, 3.8) is 0 Å². The molecule has 1 N–H and O–H groups in total. The largest absolute Gasteiger partial charge is 0.486 e. The molecule has 0 bridgehead atoms. The number of hydrogen-bond acceptors (Lipinski definition) is 8. The van der Waals surface area contributed by atoms with E-state index in [9.17, 15) is 9.59 Å². The second-order valence-corrected chi connectivity index (χ2v) is 9.27. The first-order valence-corrected chi connectivity index (χ1v) is 12.9. The molecule has 0 unspecified atom stereocenters. The molecule has 4 aromatic rings. The van der Waals surface area contributed by atoms with Gasteiger partial charge in [-0.3, -0.25) is 9.36 Å². The molecule has 0 aliphatic rings. The molecule has 0 spiro atoms. The molecule has 10 heteroatoms. The Bertz CT molecular complexity index is 1340. The number of anilines is 1. The van der Waals surface area contributed by atoms with E-state index in [1.807, 2.05) is 70.6 Å². The minimum absolute atomic E-state index is 0.0774. The Hall–Kier alpha value is -3.89. The maximum Gasteiger partial charge on any atom is 0.341 e. The molecule has 4 rings (SSSR count). The minimum Gasteiger partial charge on any atom is -0.486 e. The van der Waals surface area contributed by atoms with Crippen molar-refractivity contribution < 1.29 is 19.1 Å². The molecule has 36 heavy (non-hydrogen) atoms. The molecule has 0 aliphatic carbocycles. The normalized spacial score (nSPS) is 10.6. The Morgan fingerprint density at radius 1 is 1.11 bits per heavy atom. The number of para-hydroxylation sites is 1. The van der Waals surface area contributed by atoms with Gasteiger partial charge in [-0.05, 0) is 17.7 Å². The first-order valence-electron chi connectivity index (χ1n) is 11.0. The maximum atomic E-state index is 12.8. The molecular weight excluding hydrogens is 496 g/mol. The van der Waals surface area contributed by atoms with E-state index < -0.39 is 5.97 Å². The van der Waals surface area contributed by atoms with Gasteiger partial charge >= 0.3 is 5.97 Å². The summed E-state index contributed by atoms with van der Waals surface area (Å²) in [6.45, 7) is 4.51. The van der Waals surface area contributed by atoms with E-state index in [4.69, 9.17) is 9.47 Å². The highest BCUT2D eigenvalue weighted by Crippen LogP contribution is 2.36. The van der Waals surface area contributed by atoms with Crippen LogP contribution in [0.5, 0.6) is 5.75 Å². The molecule has 0 aliphatic heterocycles. The number of hydrogen-bond donors (Lipinski definition) is 1. The summed E-state index contributed by atoms with van der Waals surface area (Å²) in [7, 11) is 1.32. The first-order chi connectivity index (χ1) is 17.6. The molecule has 2 heterocycles. The molecule has 0 atom stereocenters. The van der Waals surface area contributed by atoms with E-state index in [1.54, 1.807) is 6.08 Å². The van der Waals surface area contributed by atoms with Gasteiger partial charge in [-0.1, -0.05) is 66.4 Å². The van der Waals surface area contributed by atoms with Gasteiger partial charge in [-0.25, -0.2) is 4.79 Å². The van der Waals surface area contributed by atoms with Crippen LogP contribution in [0, 0.1) is 0 Å². The number of esters is 1. The molecule has 0 saturated heterocycles. The molecule has 8 nitrogen and oxygen atoms in total. The van der Waals surface area contributed by atoms with Crippen molar-refractivity contribution in [2.75, 3.05) is 18.2 Å². The van der Waals surface area contributed by atoms with Gasteiger partial charge in [-0.2, -0.15) is 0 Å². The zero-order valence-corrected chi connectivity index (χ0v) is 21.2. The monoisotopic (exact) mass is 520 g/mol. The van der Waals surface area contributed by atoms with Gasteiger partial charge in [0, 0.05) is 17.5 Å². The van der Waals surface area contributed by atoms with Crippen molar-refractivity contribution in [3.05, 3.63) is 90.1 Å². The standard InChI is InChI=1S/C26H24N4O4S2/c1-3-14-30-21(15-34-19-12-8-5-9-13-19)28-29-26(30)36-17-22(31)27-24-23(25(32)33-2)20(16-35-24)18-10-6-4-7-11-18/h3-13,16H,1,14-15,17H2,2H3,(H,27,31). The van der Waals surface area contributed by atoms with E-state index in [-0.39, 0.29) is 18.3 Å². The van der Waals surface area contributed by atoms with E-state index in [0.717, 1.165) is 11.3 Å². The predicted octanol–water partition coefficient (Wildman–Crippen LogP) is 5.29. The van der Waals surface area contributed by atoms with Gasteiger partial charge in [0.25, 0.3) is 0 Å². The van der Waals surface area contributed by atoms with Gasteiger partial charge in [0.05, 0.1) is 12.9 Å². The number of allylic oxidation sites excluding steroid dienone is 1. The number of aromatic nitrogens is 3. The van der Waals surface area contributed by atoms with E-state index >= 15 is 0 Å². The van der Waals surface area contributed by atoms with Crippen LogP contribution >= 0.6 is 23.1 Å². The number of nitrogens with zero attached hydrogens (tertiary/aromatic N) is 3. The van der Waals surface area contributed by atoms with Crippen molar-refractivity contribution >= 4 is 40.0 Å². The van der Waals surface area contributed by atoms with Gasteiger partial charge in [0.1, 0.15) is 22.9 Å². The predicted molar refractivity (Wildman–Crippen MR) is 141 cm³/mol. The van der Waals surface area contributed by atoms with Crippen molar-refractivity contribution in [2.24, 2.45) is 0 Å². The number of benzene rings is 2. The van der Waals surface area contributed by atoms with Gasteiger partial charge in [0.2, 0.25) is 5.91 Å². The lowest BCUT2D eigenvalue weighted by molar-refractivity contribution is -0.113. The highest BCUT2D eigenvalue weighted by atomic mass is 32.2. The molecule has 0 fully saturated rings. The Balaban J connectivity index is 1.44. The average molecular weight is 521 g/mol. The van der Waals surface area contributed by atoms with Crippen LogP contribution in [-0.2, 0) is 22.7 Å². The van der Waals surface area contributed by atoms with Crippen LogP contribution in [0.25, 0.3) is 11.1 Å². The Morgan fingerprint density at radius 3 is 2.53 bits per heavy atom. The number of methoxy groups -OCH3 is 1. The Morgan fingerprint density at radius 2 is 1.83 bits per heavy atom. The summed E-state index contributed by atoms with van der Waals surface area (Å²) < 4.78 is 12.6. The fourth-order valence-corrected chi connectivity index (χ4v) is 5.13. The number of carbonyl (C=O) groups excluding carboxylic acids is 2. The van der Waals surface area contributed by atoms with Crippen LogP contribution in [-0.4, -0.2) is 39.5 Å². The zero-order chi connectivity index (χ0) is 25.3. The molecule has 2 aromatic heterocycles. The number of amides is 1. The lowest BCUT2D eigenvalue weighted by atomic mass is 10.0. The van der Waals surface area contributed by atoms with Crippen LogP contribution < -0.4 is 10.1 Å². The first kappa shape index (κ1) is 25.2. The summed E-state index contributed by atoms with van der Waals surface area (Å²) in [4.78, 5) is 25.3. The lowest BCUT2D eigenvalue weighted by Crippen LogP contribution is -2.16. The number of rotatable bonds is 11. The minimum atomic E-state index is -0.508. The summed E-state index contributed by atoms with van der Waals surface area (Å²) in [6, 6.07) is 18.9. The highest BCUT2D eigenvalue weighted by Gasteiger charge is 2.23. The molecular formula is C26H24N4O4S2. The summed E-state index contributed by atoms with van der Waals surface area (Å²) in [5, 5.41) is 14.1. The molecule has 0 radical (unpaired) electrons. The number of thiophene rings is 1.